The smallest absolute Gasteiger partial charge is 0.422 e. The summed E-state index contributed by atoms with van der Waals surface area (Å²) >= 11 is 0. The number of hydrogen-bond donors (Lipinski definition) is 2. The Morgan fingerprint density at radius 2 is 1.50 bits per heavy atom. The first-order valence-corrected chi connectivity index (χ1v) is 16.8. The van der Waals surface area contributed by atoms with Gasteiger partial charge in [-0.15, -0.1) is 0 Å². The molecule has 0 spiro atoms. The number of ether oxygens (including phenoxy) is 2. The largest absolute Gasteiger partial charge is 0.483 e. The molecule has 2 N–H and O–H groups in total. The standard InChI is InChI=1S/C33H43F6N5O4/c34-32(35,36)20-47-27-12-7-13-28(48-21-33(37,38)39)30(27)26-19-25(42-44(26)24-10-2-3-11-24)31(46)41-23(14-17-43-15-4-1-5-16-43)18-29(45)40-22-8-6-9-22/h7,12-13,19,22-24H,1-6,8-11,14-18,20-21H2,(H,40,45)(H,41,46)/t23-/m0/s1. The summed E-state index contributed by atoms with van der Waals surface area (Å²) in [6, 6.07) is 4.37. The van der Waals surface area contributed by atoms with E-state index in [0.29, 0.717) is 25.8 Å². The molecule has 2 aromatic rings. The third kappa shape index (κ3) is 10.3. The number of amides is 2. The Hall–Kier alpha value is -3.49. The van der Waals surface area contributed by atoms with Crippen molar-refractivity contribution >= 4 is 11.8 Å². The molecule has 1 atom stereocenters. The first-order valence-electron chi connectivity index (χ1n) is 16.8. The highest BCUT2D eigenvalue weighted by Crippen LogP contribution is 2.43. The average molecular weight is 688 g/mol. The van der Waals surface area contributed by atoms with Gasteiger partial charge in [0.05, 0.1) is 17.3 Å². The second-order valence-electron chi connectivity index (χ2n) is 13.0. The zero-order chi connectivity index (χ0) is 34.3. The van der Waals surface area contributed by atoms with E-state index in [4.69, 9.17) is 9.47 Å². The zero-order valence-electron chi connectivity index (χ0n) is 26.8. The van der Waals surface area contributed by atoms with Crippen LogP contribution >= 0.6 is 0 Å². The molecule has 48 heavy (non-hydrogen) atoms. The normalized spacial score (nSPS) is 18.7. The monoisotopic (exact) mass is 687 g/mol. The van der Waals surface area contributed by atoms with E-state index in [2.05, 4.69) is 20.6 Å². The molecular weight excluding hydrogens is 644 g/mol. The van der Waals surface area contributed by atoms with Gasteiger partial charge in [-0.2, -0.15) is 31.4 Å². The van der Waals surface area contributed by atoms with Crippen LogP contribution in [0.3, 0.4) is 0 Å². The topological polar surface area (TPSA) is 97.7 Å². The molecule has 1 saturated heterocycles. The van der Waals surface area contributed by atoms with Crippen molar-refractivity contribution < 1.29 is 45.4 Å². The number of piperidine rings is 1. The zero-order valence-corrected chi connectivity index (χ0v) is 26.8. The van der Waals surface area contributed by atoms with Crippen molar-refractivity contribution in [3.8, 4) is 22.8 Å². The number of hydrogen-bond acceptors (Lipinski definition) is 6. The maximum atomic E-state index is 13.8. The van der Waals surface area contributed by atoms with Crippen LogP contribution in [0.15, 0.2) is 24.3 Å². The van der Waals surface area contributed by atoms with E-state index in [1.54, 1.807) is 0 Å². The minimum atomic E-state index is -4.72. The lowest BCUT2D eigenvalue weighted by Gasteiger charge is -2.29. The van der Waals surface area contributed by atoms with Crippen molar-refractivity contribution in [2.45, 2.75) is 108 Å². The third-order valence-corrected chi connectivity index (χ3v) is 9.15. The number of rotatable bonds is 14. The number of nitrogens with zero attached hydrogens (tertiary/aromatic N) is 3. The Labute approximate surface area is 275 Å². The van der Waals surface area contributed by atoms with Crippen molar-refractivity contribution in [2.75, 3.05) is 32.8 Å². The van der Waals surface area contributed by atoms with Gasteiger partial charge in [0.15, 0.2) is 18.9 Å². The molecule has 2 aliphatic carbocycles. The minimum Gasteiger partial charge on any atom is -0.483 e. The number of aromatic nitrogens is 2. The van der Waals surface area contributed by atoms with E-state index < -0.39 is 37.5 Å². The molecule has 2 heterocycles. The second kappa shape index (κ2) is 15.8. The molecule has 2 amide bonds. The van der Waals surface area contributed by atoms with Crippen LogP contribution in [0, 0.1) is 0 Å². The van der Waals surface area contributed by atoms with Crippen molar-refractivity contribution in [3.05, 3.63) is 30.0 Å². The van der Waals surface area contributed by atoms with Gasteiger partial charge in [-0.25, -0.2) is 0 Å². The van der Waals surface area contributed by atoms with Gasteiger partial charge in [0, 0.05) is 25.0 Å². The minimum absolute atomic E-state index is 0.0653. The third-order valence-electron chi connectivity index (χ3n) is 9.15. The fraction of sp³-hybridized carbons (Fsp3) is 0.667. The van der Waals surface area contributed by atoms with Crippen LogP contribution < -0.4 is 20.1 Å². The number of nitrogens with one attached hydrogen (secondary N) is 2. The molecule has 9 nitrogen and oxygen atoms in total. The van der Waals surface area contributed by atoms with Crippen molar-refractivity contribution in [2.24, 2.45) is 0 Å². The van der Waals surface area contributed by atoms with E-state index in [1.807, 2.05) is 0 Å². The van der Waals surface area contributed by atoms with Gasteiger partial charge in [-0.05, 0) is 82.7 Å². The summed E-state index contributed by atoms with van der Waals surface area (Å²) in [5.74, 6) is -1.47. The Morgan fingerprint density at radius 3 is 2.06 bits per heavy atom. The summed E-state index contributed by atoms with van der Waals surface area (Å²) in [5.41, 5.74) is -0.132. The first kappa shape index (κ1) is 35.8. The van der Waals surface area contributed by atoms with Crippen LogP contribution in [0.1, 0.15) is 93.6 Å². The van der Waals surface area contributed by atoms with E-state index >= 15 is 0 Å². The predicted molar refractivity (Wildman–Crippen MR) is 165 cm³/mol. The summed E-state index contributed by atoms with van der Waals surface area (Å²) in [5, 5.41) is 10.5. The lowest BCUT2D eigenvalue weighted by atomic mass is 9.93. The molecule has 1 aromatic carbocycles. The number of carbonyl (C=O) groups excluding carboxylic acids is 2. The molecule has 1 aliphatic heterocycles. The number of carbonyl (C=O) groups is 2. The maximum Gasteiger partial charge on any atom is 0.422 e. The van der Waals surface area contributed by atoms with Gasteiger partial charge in [-0.1, -0.05) is 25.3 Å². The Balaban J connectivity index is 1.44. The van der Waals surface area contributed by atoms with E-state index in [9.17, 15) is 35.9 Å². The van der Waals surface area contributed by atoms with Crippen LogP contribution in [0.4, 0.5) is 26.3 Å². The van der Waals surface area contributed by atoms with Gasteiger partial charge in [0.25, 0.3) is 5.91 Å². The van der Waals surface area contributed by atoms with Crippen molar-refractivity contribution in [1.82, 2.24) is 25.3 Å². The predicted octanol–water partition coefficient (Wildman–Crippen LogP) is 6.58. The Morgan fingerprint density at radius 1 is 0.875 bits per heavy atom. The van der Waals surface area contributed by atoms with Gasteiger partial charge < -0.3 is 25.0 Å². The molecule has 1 aromatic heterocycles. The molecule has 5 rings (SSSR count). The van der Waals surface area contributed by atoms with Crippen LogP contribution in [-0.2, 0) is 4.79 Å². The molecular formula is C33H43F6N5O4. The number of halogens is 6. The highest BCUT2D eigenvalue weighted by Gasteiger charge is 2.34. The average Bonchev–Trinajstić information content (AvgIpc) is 3.70. The lowest BCUT2D eigenvalue weighted by Crippen LogP contribution is -2.45. The molecule has 15 heteroatoms. The Kier molecular flexibility index (Phi) is 11.8. The Bertz CT molecular complexity index is 1350. The fourth-order valence-corrected chi connectivity index (χ4v) is 6.51. The molecule has 0 radical (unpaired) electrons. The first-order chi connectivity index (χ1) is 22.8. The van der Waals surface area contributed by atoms with E-state index in [0.717, 1.165) is 58.0 Å². The summed E-state index contributed by atoms with van der Waals surface area (Å²) in [6.45, 7) is -0.797. The highest BCUT2D eigenvalue weighted by molar-refractivity contribution is 5.94. The number of benzene rings is 1. The summed E-state index contributed by atoms with van der Waals surface area (Å²) < 4.78 is 90.8. The van der Waals surface area contributed by atoms with Crippen LogP contribution in [0.2, 0.25) is 0 Å². The van der Waals surface area contributed by atoms with Crippen molar-refractivity contribution in [1.29, 1.82) is 0 Å². The van der Waals surface area contributed by atoms with Gasteiger partial charge in [0.1, 0.15) is 11.5 Å². The summed E-state index contributed by atoms with van der Waals surface area (Å²) in [7, 11) is 0. The molecule has 3 aliphatic rings. The van der Waals surface area contributed by atoms with Crippen LogP contribution in [0.5, 0.6) is 11.5 Å². The van der Waals surface area contributed by atoms with Gasteiger partial charge >= 0.3 is 12.4 Å². The maximum absolute atomic E-state index is 13.8. The molecule has 2 saturated carbocycles. The molecule has 3 fully saturated rings. The quantitative estimate of drug-likeness (QED) is 0.218. The SMILES string of the molecule is O=C(C[C@H](CCN1CCCCC1)NC(=O)c1cc(-c2c(OCC(F)(F)F)cccc2OCC(F)(F)F)n(C2CCCC2)n1)NC1CCC1. The van der Waals surface area contributed by atoms with Crippen LogP contribution in [0.25, 0.3) is 11.3 Å². The lowest BCUT2D eigenvalue weighted by molar-refractivity contribution is -0.153. The molecule has 0 unspecified atom stereocenters. The number of likely N-dealkylation sites (tertiary alicyclic amines) is 1. The fourth-order valence-electron chi connectivity index (χ4n) is 6.51. The van der Waals surface area contributed by atoms with Crippen molar-refractivity contribution in [3.63, 3.8) is 0 Å². The summed E-state index contributed by atoms with van der Waals surface area (Å²) in [6.07, 6.45) is 0.357. The summed E-state index contributed by atoms with van der Waals surface area (Å²) in [4.78, 5) is 29.0. The van der Waals surface area contributed by atoms with Gasteiger partial charge in [0.2, 0.25) is 5.91 Å². The number of alkyl halides is 6. The second-order valence-corrected chi connectivity index (χ2v) is 13.0. The van der Waals surface area contributed by atoms with Crippen LogP contribution in [-0.4, -0.2) is 83.8 Å². The highest BCUT2D eigenvalue weighted by atomic mass is 19.4. The molecule has 0 bridgehead atoms. The molecule has 266 valence electrons. The van der Waals surface area contributed by atoms with E-state index in [-0.39, 0.29) is 52.9 Å². The van der Waals surface area contributed by atoms with Gasteiger partial charge in [-0.3, -0.25) is 14.3 Å². The van der Waals surface area contributed by atoms with E-state index in [1.165, 1.54) is 35.4 Å².